The predicted molar refractivity (Wildman–Crippen MR) is 232 cm³/mol. The van der Waals surface area contributed by atoms with Gasteiger partial charge in [0.15, 0.2) is 0 Å². The minimum absolute atomic E-state index is 0.0492. The molecule has 346 valence electrons. The van der Waals surface area contributed by atoms with Crippen molar-refractivity contribution >= 4 is 64.2 Å². The highest BCUT2D eigenvalue weighted by Gasteiger charge is 2.21. The van der Waals surface area contributed by atoms with Gasteiger partial charge in [0.05, 0.1) is 57.9 Å². The smallest absolute Gasteiger partial charge is 0.335 e. The summed E-state index contributed by atoms with van der Waals surface area (Å²) in [4.78, 5) is 82.2. The molecule has 20 heteroatoms. The first-order valence-electron chi connectivity index (χ1n) is 20.9. The van der Waals surface area contributed by atoms with Gasteiger partial charge in [0.1, 0.15) is 30.8 Å². The van der Waals surface area contributed by atoms with Crippen LogP contribution in [0.4, 0.5) is 0 Å². The highest BCUT2D eigenvalue weighted by Crippen LogP contribution is 2.14. The van der Waals surface area contributed by atoms with Crippen LogP contribution in [0.1, 0.15) is 101 Å². The van der Waals surface area contributed by atoms with Gasteiger partial charge in [-0.15, -0.1) is 0 Å². The number of rotatable bonds is 40. The van der Waals surface area contributed by atoms with Gasteiger partial charge in [-0.05, 0) is 69.7 Å². The van der Waals surface area contributed by atoms with Gasteiger partial charge in [-0.25, -0.2) is 9.59 Å². The van der Waals surface area contributed by atoms with E-state index in [0.717, 1.165) is 51.4 Å². The van der Waals surface area contributed by atoms with Gasteiger partial charge in [-0.2, -0.15) is 0 Å². The molecule has 1 aromatic carbocycles. The second kappa shape index (κ2) is 36.7. The fraction of sp³-hybridized carbons (Fsp3) is 0.683. The van der Waals surface area contributed by atoms with E-state index in [0.29, 0.717) is 31.7 Å². The summed E-state index contributed by atoms with van der Waals surface area (Å²) in [5, 5.41) is 29.0. The van der Waals surface area contributed by atoms with Crippen molar-refractivity contribution in [2.45, 2.75) is 102 Å². The third-order valence-electron chi connectivity index (χ3n) is 8.92. The van der Waals surface area contributed by atoms with Crippen LogP contribution in [0.15, 0.2) is 24.3 Å². The van der Waals surface area contributed by atoms with E-state index in [2.05, 4.69) is 24.8 Å². The summed E-state index contributed by atoms with van der Waals surface area (Å²) in [6.07, 6.45) is 8.69. The Labute approximate surface area is 372 Å². The van der Waals surface area contributed by atoms with E-state index in [1.165, 1.54) is 12.1 Å². The molecule has 61 heavy (non-hydrogen) atoms. The molecular weight excluding hydrogens is 913 g/mol. The second-order valence-corrected chi connectivity index (χ2v) is 14.7. The molecule has 0 aromatic heterocycles. The summed E-state index contributed by atoms with van der Waals surface area (Å²) in [5.74, 6) is -2.74. The lowest BCUT2D eigenvalue weighted by Gasteiger charge is -2.14. The van der Waals surface area contributed by atoms with Crippen molar-refractivity contribution in [3.63, 3.8) is 0 Å². The van der Waals surface area contributed by atoms with E-state index in [1.807, 2.05) is 22.9 Å². The summed E-state index contributed by atoms with van der Waals surface area (Å²) < 4.78 is 29.9. The number of aliphatic carboxylic acids is 1. The first-order valence-corrected chi connectivity index (χ1v) is 22.0. The number of ether oxygens (including phenoxy) is 5. The summed E-state index contributed by atoms with van der Waals surface area (Å²) in [5.41, 5.74) is 0.214. The number of Topliss-reactive ketones (excluding diaryl/α,β-unsaturated/α-hetero) is 1. The van der Waals surface area contributed by atoms with Crippen molar-refractivity contribution < 1.29 is 67.5 Å². The van der Waals surface area contributed by atoms with Crippen LogP contribution in [-0.2, 0) is 47.7 Å². The van der Waals surface area contributed by atoms with Crippen LogP contribution in [0.5, 0.6) is 5.75 Å². The number of unbranched alkanes of at least 4 members (excludes halogenated alkanes) is 7. The predicted octanol–water partition coefficient (Wildman–Crippen LogP) is 2.72. The number of carboxylic acids is 2. The molecule has 4 amide bonds. The number of hydrogen-bond acceptors (Lipinski definition) is 13. The lowest BCUT2D eigenvalue weighted by atomic mass is 10.1. The Morgan fingerprint density at radius 3 is 1.66 bits per heavy atom. The van der Waals surface area contributed by atoms with Crippen molar-refractivity contribution in [1.29, 1.82) is 0 Å². The molecule has 1 rings (SSSR count). The Bertz CT molecular complexity index is 1420. The molecular formula is C41H66IN5O14. The van der Waals surface area contributed by atoms with E-state index < -0.39 is 18.0 Å². The van der Waals surface area contributed by atoms with Gasteiger partial charge < -0.3 is 55.2 Å². The highest BCUT2D eigenvalue weighted by molar-refractivity contribution is 14.1. The number of ketones is 1. The second-order valence-electron chi connectivity index (χ2n) is 14.0. The molecule has 0 radical (unpaired) electrons. The molecule has 0 saturated heterocycles. The Hall–Kier alpha value is -3.96. The monoisotopic (exact) mass is 979 g/mol. The number of benzene rings is 1. The number of nitrogens with one attached hydrogen (secondary N) is 5. The zero-order valence-corrected chi connectivity index (χ0v) is 37.5. The third-order valence-corrected chi connectivity index (χ3v) is 9.68. The summed E-state index contributed by atoms with van der Waals surface area (Å²) in [6.45, 7) is 4.11. The Balaban J connectivity index is 1.93. The fourth-order valence-corrected chi connectivity index (χ4v) is 6.23. The Kier molecular flexibility index (Phi) is 33.1. The number of halogens is 1. The van der Waals surface area contributed by atoms with Gasteiger partial charge in [0.25, 0.3) is 0 Å². The molecule has 0 aliphatic carbocycles. The van der Waals surface area contributed by atoms with Crippen LogP contribution in [0.3, 0.4) is 0 Å². The van der Waals surface area contributed by atoms with Crippen LogP contribution in [0.25, 0.3) is 0 Å². The van der Waals surface area contributed by atoms with Crippen LogP contribution in [0.2, 0.25) is 0 Å². The molecule has 7 N–H and O–H groups in total. The van der Waals surface area contributed by atoms with E-state index in [-0.39, 0.29) is 126 Å². The van der Waals surface area contributed by atoms with Crippen LogP contribution >= 0.6 is 22.9 Å². The number of carbonyl (C=O) groups excluding carboxylic acids is 5. The van der Waals surface area contributed by atoms with E-state index in [9.17, 15) is 38.7 Å². The summed E-state index contributed by atoms with van der Waals surface area (Å²) in [6, 6.07) is 4.96. The van der Waals surface area contributed by atoms with E-state index in [4.69, 9.17) is 28.8 Å². The highest BCUT2D eigenvalue weighted by atomic mass is 127. The molecule has 0 spiro atoms. The lowest BCUT2D eigenvalue weighted by molar-refractivity contribution is -0.142. The Morgan fingerprint density at radius 2 is 1.10 bits per heavy atom. The summed E-state index contributed by atoms with van der Waals surface area (Å²) >= 11 is 1.97. The molecule has 2 atom stereocenters. The topological polar surface area (TPSA) is 266 Å². The van der Waals surface area contributed by atoms with Gasteiger partial charge in [0.2, 0.25) is 23.6 Å². The average Bonchev–Trinajstić information content (AvgIpc) is 3.23. The van der Waals surface area contributed by atoms with Crippen LogP contribution in [-0.4, -0.2) is 143 Å². The molecule has 0 saturated carbocycles. The molecule has 0 heterocycles. The molecule has 0 bridgehead atoms. The number of aromatic carboxylic acids is 1. The van der Waals surface area contributed by atoms with Crippen molar-refractivity contribution in [1.82, 2.24) is 24.8 Å². The summed E-state index contributed by atoms with van der Waals surface area (Å²) in [7, 11) is 0. The number of carbonyl (C=O) groups is 7. The average molecular weight is 980 g/mol. The zero-order chi connectivity index (χ0) is 44.9. The molecule has 1 aromatic rings. The maximum atomic E-state index is 12.3. The van der Waals surface area contributed by atoms with Crippen molar-refractivity contribution in [2.75, 3.05) is 79.1 Å². The number of amides is 4. The lowest BCUT2D eigenvalue weighted by Crippen LogP contribution is -2.41. The number of carboxylic acid groups (broad SMARTS) is 2. The first-order chi connectivity index (χ1) is 29.4. The van der Waals surface area contributed by atoms with Gasteiger partial charge >= 0.3 is 11.9 Å². The molecule has 19 nitrogen and oxygen atoms in total. The number of hydrogen-bond donors (Lipinski definition) is 7. The van der Waals surface area contributed by atoms with E-state index >= 15 is 0 Å². The largest absolute Gasteiger partial charge is 0.494 e. The molecule has 0 unspecified atom stereocenters. The standard InChI is InChI=1S/C41H66IN5O14/c1-31(48)34(47-42)11-8-9-19-43-38(51)29-59-27-26-58-24-21-45-39(52)30-60-28-25-57-23-20-44-36(49)18-17-35(41(55)56)46-37(50)12-7-5-3-2-4-6-10-22-61-33-15-13-32(14-16-33)40(53)54/h13-16,34-35,47H,2-12,17-30H2,1H3,(H,43,51)(H,44,49)(H,45,52)(H,46,50)(H,53,54)(H,55,56)/t34-,35-/m0/s1. The third kappa shape index (κ3) is 31.5. The van der Waals surface area contributed by atoms with Crippen molar-refractivity contribution in [3.8, 4) is 5.75 Å². The van der Waals surface area contributed by atoms with E-state index in [1.54, 1.807) is 19.1 Å². The van der Waals surface area contributed by atoms with Gasteiger partial charge in [0, 0.05) is 55.3 Å². The van der Waals surface area contributed by atoms with Crippen LogP contribution in [0, 0.1) is 0 Å². The molecule has 0 aliphatic rings. The Morgan fingerprint density at radius 1 is 0.557 bits per heavy atom. The molecule has 0 aliphatic heterocycles. The van der Waals surface area contributed by atoms with Gasteiger partial charge in [-0.1, -0.05) is 32.1 Å². The van der Waals surface area contributed by atoms with Crippen molar-refractivity contribution in [3.05, 3.63) is 29.8 Å². The SMILES string of the molecule is CC(=O)[C@H](CCCCNC(=O)COCCOCCNC(=O)COCCOCCNC(=O)CC[C@H](NC(=O)CCCCCCCCCOc1ccc(C(=O)O)cc1)C(=O)O)NI. The fourth-order valence-electron chi connectivity index (χ4n) is 5.48. The first kappa shape index (κ1) is 55.1. The van der Waals surface area contributed by atoms with Gasteiger partial charge in [-0.3, -0.25) is 27.5 Å². The normalized spacial score (nSPS) is 11.9. The van der Waals surface area contributed by atoms with Crippen LogP contribution < -0.4 is 29.5 Å². The zero-order valence-electron chi connectivity index (χ0n) is 35.3. The minimum Gasteiger partial charge on any atom is -0.494 e. The molecule has 0 fully saturated rings. The maximum absolute atomic E-state index is 12.3. The quantitative estimate of drug-likeness (QED) is 0.0283. The minimum atomic E-state index is -1.21. The maximum Gasteiger partial charge on any atom is 0.335 e. The van der Waals surface area contributed by atoms with Crippen molar-refractivity contribution in [2.24, 2.45) is 0 Å².